The van der Waals surface area contributed by atoms with Gasteiger partial charge in [-0.1, -0.05) is 36.4 Å². The van der Waals surface area contributed by atoms with E-state index in [2.05, 4.69) is 22.3 Å². The van der Waals surface area contributed by atoms with Crippen LogP contribution < -0.4 is 11.1 Å². The maximum atomic E-state index is 13.4. The Kier molecular flexibility index (Phi) is 5.16. The minimum atomic E-state index is -0.360. The van der Waals surface area contributed by atoms with Gasteiger partial charge in [0.25, 0.3) is 0 Å². The minimum Gasteiger partial charge on any atom is -0.326 e. The first-order valence-corrected chi connectivity index (χ1v) is 8.57. The third-order valence-corrected chi connectivity index (χ3v) is 5.01. The summed E-state index contributed by atoms with van der Waals surface area (Å²) in [4.78, 5) is 14.7. The van der Waals surface area contributed by atoms with Gasteiger partial charge in [-0.3, -0.25) is 9.69 Å². The molecular formula is C20H24FN3O. The maximum absolute atomic E-state index is 13.4. The van der Waals surface area contributed by atoms with E-state index in [1.54, 1.807) is 6.07 Å². The molecule has 3 atom stereocenters. The van der Waals surface area contributed by atoms with Crippen molar-refractivity contribution in [3.63, 3.8) is 0 Å². The van der Waals surface area contributed by atoms with Crippen molar-refractivity contribution < 1.29 is 9.18 Å². The van der Waals surface area contributed by atoms with E-state index in [1.807, 2.05) is 32.0 Å². The van der Waals surface area contributed by atoms with Crippen molar-refractivity contribution in [1.82, 2.24) is 4.90 Å². The van der Waals surface area contributed by atoms with Gasteiger partial charge < -0.3 is 11.1 Å². The second kappa shape index (κ2) is 7.33. The molecule has 0 aromatic heterocycles. The monoisotopic (exact) mass is 341 g/mol. The molecule has 4 nitrogen and oxygen atoms in total. The molecule has 1 aliphatic rings. The maximum Gasteiger partial charge on any atom is 0.241 e. The van der Waals surface area contributed by atoms with Gasteiger partial charge in [0.05, 0.1) is 6.04 Å². The Hall–Kier alpha value is -2.24. The lowest BCUT2D eigenvalue weighted by molar-refractivity contribution is -0.120. The molecular weight excluding hydrogens is 317 g/mol. The fourth-order valence-corrected chi connectivity index (χ4v) is 3.36. The van der Waals surface area contributed by atoms with Crippen molar-refractivity contribution in [2.75, 3.05) is 18.4 Å². The summed E-state index contributed by atoms with van der Waals surface area (Å²) in [5, 5.41) is 2.84. The molecule has 1 aliphatic heterocycles. The zero-order valence-corrected chi connectivity index (χ0v) is 14.6. The van der Waals surface area contributed by atoms with Crippen molar-refractivity contribution in [1.29, 1.82) is 0 Å². The highest BCUT2D eigenvalue weighted by Gasteiger charge is 2.35. The third kappa shape index (κ3) is 3.89. The van der Waals surface area contributed by atoms with Crippen LogP contribution in [-0.2, 0) is 4.79 Å². The highest BCUT2D eigenvalue weighted by Crippen LogP contribution is 2.28. The lowest BCUT2D eigenvalue weighted by Crippen LogP contribution is -2.41. The summed E-state index contributed by atoms with van der Waals surface area (Å²) in [7, 11) is 0. The van der Waals surface area contributed by atoms with Crippen LogP contribution in [0.15, 0.2) is 48.5 Å². The second-order valence-corrected chi connectivity index (χ2v) is 6.76. The fourth-order valence-electron chi connectivity index (χ4n) is 3.36. The first-order valence-electron chi connectivity index (χ1n) is 8.57. The van der Waals surface area contributed by atoms with Crippen LogP contribution >= 0.6 is 0 Å². The van der Waals surface area contributed by atoms with E-state index in [-0.39, 0.29) is 29.7 Å². The predicted molar refractivity (Wildman–Crippen MR) is 98.0 cm³/mol. The molecule has 0 saturated carbocycles. The quantitative estimate of drug-likeness (QED) is 0.899. The normalized spacial score (nSPS) is 21.9. The Morgan fingerprint density at radius 1 is 1.24 bits per heavy atom. The van der Waals surface area contributed by atoms with Gasteiger partial charge in [0.1, 0.15) is 5.82 Å². The van der Waals surface area contributed by atoms with E-state index in [0.29, 0.717) is 12.2 Å². The second-order valence-electron chi connectivity index (χ2n) is 6.76. The van der Waals surface area contributed by atoms with Crippen LogP contribution in [0.4, 0.5) is 10.1 Å². The van der Waals surface area contributed by atoms with E-state index in [9.17, 15) is 9.18 Å². The largest absolute Gasteiger partial charge is 0.326 e. The van der Waals surface area contributed by atoms with Gasteiger partial charge in [-0.15, -0.1) is 0 Å². The zero-order valence-electron chi connectivity index (χ0n) is 14.6. The van der Waals surface area contributed by atoms with Crippen molar-refractivity contribution in [2.45, 2.75) is 31.8 Å². The van der Waals surface area contributed by atoms with Gasteiger partial charge in [-0.2, -0.15) is 0 Å². The number of hydrogen-bond donors (Lipinski definition) is 2. The van der Waals surface area contributed by atoms with Crippen molar-refractivity contribution >= 4 is 11.6 Å². The topological polar surface area (TPSA) is 58.4 Å². The first kappa shape index (κ1) is 17.6. The van der Waals surface area contributed by atoms with E-state index < -0.39 is 0 Å². The van der Waals surface area contributed by atoms with Gasteiger partial charge in [0, 0.05) is 30.7 Å². The average molecular weight is 341 g/mol. The number of nitrogens with one attached hydrogen (secondary N) is 1. The van der Waals surface area contributed by atoms with Gasteiger partial charge >= 0.3 is 0 Å². The lowest BCUT2D eigenvalue weighted by atomic mass is 9.95. The molecule has 1 saturated heterocycles. The van der Waals surface area contributed by atoms with Crippen molar-refractivity contribution in [3.05, 3.63) is 65.5 Å². The van der Waals surface area contributed by atoms with Gasteiger partial charge in [-0.25, -0.2) is 4.39 Å². The molecule has 1 amide bonds. The lowest BCUT2D eigenvalue weighted by Gasteiger charge is -2.24. The summed E-state index contributed by atoms with van der Waals surface area (Å²) in [5.74, 6) is -0.289. The standard InChI is InChI=1S/C20H24FN3O/c1-13-8-9-16(21)10-19(13)23-20(25)14(2)24-11-17(18(22)12-24)15-6-4-3-5-7-15/h3-10,14,17-18H,11-12,22H2,1-2H3,(H,23,25)/t14?,17-,18+/m0/s1. The molecule has 1 heterocycles. The molecule has 5 heteroatoms. The molecule has 25 heavy (non-hydrogen) atoms. The number of benzene rings is 2. The van der Waals surface area contributed by atoms with Crippen molar-refractivity contribution in [2.24, 2.45) is 5.73 Å². The Labute approximate surface area is 147 Å². The number of hydrogen-bond acceptors (Lipinski definition) is 3. The Balaban J connectivity index is 1.68. The summed E-state index contributed by atoms with van der Waals surface area (Å²) in [6, 6.07) is 14.2. The Bertz CT molecular complexity index is 750. The van der Waals surface area contributed by atoms with E-state index >= 15 is 0 Å². The molecule has 0 bridgehead atoms. The molecule has 3 N–H and O–H groups in total. The number of halogens is 1. The number of carbonyl (C=O) groups excluding carboxylic acids is 1. The Morgan fingerprint density at radius 3 is 2.68 bits per heavy atom. The van der Waals surface area contributed by atoms with Gasteiger partial charge in [-0.05, 0) is 37.1 Å². The van der Waals surface area contributed by atoms with Crippen LogP contribution in [0, 0.1) is 12.7 Å². The van der Waals surface area contributed by atoms with E-state index in [1.165, 1.54) is 17.7 Å². The molecule has 1 unspecified atom stereocenters. The number of amides is 1. The average Bonchev–Trinajstić information content (AvgIpc) is 3.00. The minimum absolute atomic E-state index is 0.00597. The summed E-state index contributed by atoms with van der Waals surface area (Å²) in [6.07, 6.45) is 0. The smallest absolute Gasteiger partial charge is 0.241 e. The van der Waals surface area contributed by atoms with Crippen molar-refractivity contribution in [3.8, 4) is 0 Å². The highest BCUT2D eigenvalue weighted by molar-refractivity contribution is 5.95. The molecule has 3 rings (SSSR count). The number of nitrogens with two attached hydrogens (primary N) is 1. The molecule has 2 aromatic carbocycles. The first-order chi connectivity index (χ1) is 12.0. The summed E-state index contributed by atoms with van der Waals surface area (Å²) < 4.78 is 13.4. The Morgan fingerprint density at radius 2 is 1.96 bits per heavy atom. The van der Waals surface area contributed by atoms with Crippen LogP contribution in [0.1, 0.15) is 24.0 Å². The fraction of sp³-hybridized carbons (Fsp3) is 0.350. The molecule has 0 spiro atoms. The number of carbonyl (C=O) groups is 1. The van der Waals surface area contributed by atoms with E-state index in [0.717, 1.165) is 12.1 Å². The van der Waals surface area contributed by atoms with Crippen LogP contribution in [0.5, 0.6) is 0 Å². The summed E-state index contributed by atoms with van der Waals surface area (Å²) >= 11 is 0. The third-order valence-electron chi connectivity index (χ3n) is 5.01. The number of anilines is 1. The zero-order chi connectivity index (χ0) is 18.0. The van der Waals surface area contributed by atoms with Gasteiger partial charge in [0.2, 0.25) is 5.91 Å². The van der Waals surface area contributed by atoms with Crippen LogP contribution in [0.2, 0.25) is 0 Å². The van der Waals surface area contributed by atoms with Crippen LogP contribution in [0.3, 0.4) is 0 Å². The van der Waals surface area contributed by atoms with Crippen LogP contribution in [0.25, 0.3) is 0 Å². The number of nitrogens with zero attached hydrogens (tertiary/aromatic N) is 1. The number of aryl methyl sites for hydroxylation is 1. The molecule has 2 aromatic rings. The summed E-state index contributed by atoms with van der Waals surface area (Å²) in [6.45, 7) is 5.11. The number of likely N-dealkylation sites (tertiary alicyclic amines) is 1. The van der Waals surface area contributed by atoms with Gasteiger partial charge in [0.15, 0.2) is 0 Å². The molecule has 1 fully saturated rings. The SMILES string of the molecule is Cc1ccc(F)cc1NC(=O)C(C)N1C[C@@H](N)[C@H](c2ccccc2)C1. The molecule has 132 valence electrons. The number of rotatable bonds is 4. The highest BCUT2D eigenvalue weighted by atomic mass is 19.1. The van der Waals surface area contributed by atoms with E-state index in [4.69, 9.17) is 5.73 Å². The summed E-state index contributed by atoms with van der Waals surface area (Å²) in [5.41, 5.74) is 8.86. The molecule has 0 radical (unpaired) electrons. The predicted octanol–water partition coefficient (Wildman–Crippen LogP) is 2.89. The van der Waals surface area contributed by atoms with Crippen LogP contribution in [-0.4, -0.2) is 36.0 Å². The molecule has 0 aliphatic carbocycles.